The summed E-state index contributed by atoms with van der Waals surface area (Å²) in [5.41, 5.74) is 1.04. The molecule has 1 aliphatic heterocycles. The lowest BCUT2D eigenvalue weighted by Gasteiger charge is -2.23. The summed E-state index contributed by atoms with van der Waals surface area (Å²) < 4.78 is 5.60. The lowest BCUT2D eigenvalue weighted by molar-refractivity contribution is 0.0108. The number of ether oxygens (including phenoxy) is 1. The van der Waals surface area contributed by atoms with E-state index in [9.17, 15) is 5.11 Å². The zero-order chi connectivity index (χ0) is 12.3. The fraction of sp³-hybridized carbons (Fsp3) is 0.500. The molecule has 0 amide bonds. The first-order valence-electron chi connectivity index (χ1n) is 5.60. The van der Waals surface area contributed by atoms with Crippen molar-refractivity contribution < 1.29 is 9.84 Å². The second kappa shape index (κ2) is 6.03. The van der Waals surface area contributed by atoms with Gasteiger partial charge in [0.25, 0.3) is 0 Å². The second-order valence-electron chi connectivity index (χ2n) is 4.08. The Labute approximate surface area is 111 Å². The molecule has 0 saturated carbocycles. The summed E-state index contributed by atoms with van der Waals surface area (Å²) in [5, 5.41) is 13.7. The highest BCUT2D eigenvalue weighted by Gasteiger charge is 2.25. The summed E-state index contributed by atoms with van der Waals surface area (Å²) >= 11 is 11.9. The Bertz CT molecular complexity index is 387. The number of rotatable bonds is 2. The number of hydrogen-bond acceptors (Lipinski definition) is 3. The third kappa shape index (κ3) is 3.12. The Hall–Kier alpha value is -0.320. The van der Waals surface area contributed by atoms with Crippen LogP contribution in [0.4, 0.5) is 0 Å². The summed E-state index contributed by atoms with van der Waals surface area (Å²) in [5.74, 6) is 0.0947. The van der Waals surface area contributed by atoms with Gasteiger partial charge in [-0.25, -0.2) is 0 Å². The molecule has 0 radical (unpaired) electrons. The zero-order valence-corrected chi connectivity index (χ0v) is 10.8. The molecule has 2 rings (SSSR count). The molecular formula is C12H15Cl2NO2. The van der Waals surface area contributed by atoms with Crippen LogP contribution in [0.2, 0.25) is 10.0 Å². The van der Waals surface area contributed by atoms with Gasteiger partial charge in [0.15, 0.2) is 0 Å². The van der Waals surface area contributed by atoms with Crippen LogP contribution in [0.15, 0.2) is 18.2 Å². The van der Waals surface area contributed by atoms with Gasteiger partial charge in [-0.1, -0.05) is 29.3 Å². The highest BCUT2D eigenvalue weighted by atomic mass is 35.5. The molecule has 1 saturated heterocycles. The van der Waals surface area contributed by atoms with Gasteiger partial charge in [-0.2, -0.15) is 0 Å². The molecular weight excluding hydrogens is 261 g/mol. The van der Waals surface area contributed by atoms with E-state index in [4.69, 9.17) is 27.9 Å². The van der Waals surface area contributed by atoms with E-state index in [0.717, 1.165) is 18.7 Å². The largest absolute Gasteiger partial charge is 0.394 e. The Morgan fingerprint density at radius 3 is 2.88 bits per heavy atom. The fourth-order valence-electron chi connectivity index (χ4n) is 2.04. The Morgan fingerprint density at radius 1 is 1.35 bits per heavy atom. The van der Waals surface area contributed by atoms with Crippen molar-refractivity contribution in [1.29, 1.82) is 0 Å². The van der Waals surface area contributed by atoms with Crippen molar-refractivity contribution in [3.63, 3.8) is 0 Å². The molecule has 0 bridgehead atoms. The molecule has 0 unspecified atom stereocenters. The Balaban J connectivity index is 2.25. The summed E-state index contributed by atoms with van der Waals surface area (Å²) in [6.45, 7) is 2.19. The van der Waals surface area contributed by atoms with Crippen LogP contribution in [0.3, 0.4) is 0 Å². The normalized spacial score (nSPS) is 25.6. The highest BCUT2D eigenvalue weighted by Crippen LogP contribution is 2.29. The van der Waals surface area contributed by atoms with Crippen molar-refractivity contribution in [3.8, 4) is 0 Å². The van der Waals surface area contributed by atoms with Gasteiger partial charge in [0.1, 0.15) is 0 Å². The van der Waals surface area contributed by atoms with Crippen molar-refractivity contribution in [2.45, 2.75) is 12.0 Å². The molecule has 3 nitrogen and oxygen atoms in total. The number of aliphatic hydroxyl groups is 1. The van der Waals surface area contributed by atoms with E-state index in [0.29, 0.717) is 16.7 Å². The molecule has 2 atom stereocenters. The van der Waals surface area contributed by atoms with Crippen LogP contribution >= 0.6 is 23.2 Å². The monoisotopic (exact) mass is 275 g/mol. The zero-order valence-electron chi connectivity index (χ0n) is 9.33. The lowest BCUT2D eigenvalue weighted by Crippen LogP contribution is -2.29. The van der Waals surface area contributed by atoms with Gasteiger partial charge in [0.05, 0.1) is 29.4 Å². The average Bonchev–Trinajstić information content (AvgIpc) is 2.57. The molecule has 0 spiro atoms. The number of halogens is 2. The van der Waals surface area contributed by atoms with Gasteiger partial charge < -0.3 is 15.2 Å². The standard InChI is InChI=1S/C12H15Cl2NO2/c13-10-2-1-8(5-11(10)14)9-6-15-3-4-17-12(9)7-16/h1-2,5,9,12,15-16H,3-4,6-7H2/t9-,12-/m0/s1. The minimum Gasteiger partial charge on any atom is -0.394 e. The van der Waals surface area contributed by atoms with E-state index in [1.165, 1.54) is 0 Å². The van der Waals surface area contributed by atoms with Crippen LogP contribution in [-0.2, 0) is 4.74 Å². The highest BCUT2D eigenvalue weighted by molar-refractivity contribution is 6.42. The molecule has 1 aliphatic rings. The number of aliphatic hydroxyl groups excluding tert-OH is 1. The molecule has 0 aliphatic carbocycles. The van der Waals surface area contributed by atoms with E-state index < -0.39 is 0 Å². The third-order valence-corrected chi connectivity index (χ3v) is 3.71. The van der Waals surface area contributed by atoms with Crippen LogP contribution in [0.1, 0.15) is 11.5 Å². The van der Waals surface area contributed by atoms with Crippen LogP contribution in [0, 0.1) is 0 Å². The molecule has 1 fully saturated rings. The van der Waals surface area contributed by atoms with Gasteiger partial charge in [-0.05, 0) is 17.7 Å². The summed E-state index contributed by atoms with van der Waals surface area (Å²) in [7, 11) is 0. The van der Waals surface area contributed by atoms with Crippen molar-refractivity contribution in [3.05, 3.63) is 33.8 Å². The maximum atomic E-state index is 9.36. The van der Waals surface area contributed by atoms with Gasteiger partial charge >= 0.3 is 0 Å². The summed E-state index contributed by atoms with van der Waals surface area (Å²) in [4.78, 5) is 0. The summed E-state index contributed by atoms with van der Waals surface area (Å²) in [6, 6.07) is 5.55. The second-order valence-corrected chi connectivity index (χ2v) is 4.89. The van der Waals surface area contributed by atoms with Gasteiger partial charge in [-0.15, -0.1) is 0 Å². The van der Waals surface area contributed by atoms with Crippen LogP contribution in [0.5, 0.6) is 0 Å². The molecule has 1 heterocycles. The summed E-state index contributed by atoms with van der Waals surface area (Å²) in [6.07, 6.45) is -0.192. The minimum atomic E-state index is -0.192. The molecule has 94 valence electrons. The smallest absolute Gasteiger partial charge is 0.0886 e. The topological polar surface area (TPSA) is 41.5 Å². The Kier molecular flexibility index (Phi) is 4.65. The number of nitrogens with one attached hydrogen (secondary N) is 1. The minimum absolute atomic E-state index is 0.00654. The van der Waals surface area contributed by atoms with Crippen molar-refractivity contribution in [2.75, 3.05) is 26.3 Å². The van der Waals surface area contributed by atoms with Crippen molar-refractivity contribution in [1.82, 2.24) is 5.32 Å². The molecule has 17 heavy (non-hydrogen) atoms. The first kappa shape index (κ1) is 13.1. The maximum absolute atomic E-state index is 9.36. The number of benzene rings is 1. The van der Waals surface area contributed by atoms with E-state index in [-0.39, 0.29) is 18.6 Å². The number of hydrogen-bond donors (Lipinski definition) is 2. The molecule has 5 heteroatoms. The first-order chi connectivity index (χ1) is 8.22. The maximum Gasteiger partial charge on any atom is 0.0886 e. The predicted octanol–water partition coefficient (Wildman–Crippen LogP) is 2.06. The Morgan fingerprint density at radius 2 is 2.18 bits per heavy atom. The fourth-order valence-corrected chi connectivity index (χ4v) is 2.35. The molecule has 1 aromatic rings. The van der Waals surface area contributed by atoms with Crippen LogP contribution < -0.4 is 5.32 Å². The van der Waals surface area contributed by atoms with Crippen molar-refractivity contribution >= 4 is 23.2 Å². The SMILES string of the molecule is OC[C@@H]1OCCNC[C@H]1c1ccc(Cl)c(Cl)c1. The molecule has 2 N–H and O–H groups in total. The van der Waals surface area contributed by atoms with Gasteiger partial charge in [0.2, 0.25) is 0 Å². The lowest BCUT2D eigenvalue weighted by atomic mass is 9.93. The van der Waals surface area contributed by atoms with E-state index in [1.54, 1.807) is 6.07 Å². The van der Waals surface area contributed by atoms with Gasteiger partial charge in [0, 0.05) is 19.0 Å². The third-order valence-electron chi connectivity index (χ3n) is 2.98. The van der Waals surface area contributed by atoms with E-state index in [1.807, 2.05) is 12.1 Å². The van der Waals surface area contributed by atoms with Crippen LogP contribution in [0.25, 0.3) is 0 Å². The average molecular weight is 276 g/mol. The van der Waals surface area contributed by atoms with Gasteiger partial charge in [-0.3, -0.25) is 0 Å². The van der Waals surface area contributed by atoms with Crippen LogP contribution in [-0.4, -0.2) is 37.5 Å². The molecule has 1 aromatic carbocycles. The van der Waals surface area contributed by atoms with Crippen molar-refractivity contribution in [2.24, 2.45) is 0 Å². The van der Waals surface area contributed by atoms with E-state index in [2.05, 4.69) is 5.32 Å². The first-order valence-corrected chi connectivity index (χ1v) is 6.36. The quantitative estimate of drug-likeness (QED) is 0.868. The predicted molar refractivity (Wildman–Crippen MR) is 68.9 cm³/mol. The molecule has 0 aromatic heterocycles. The van der Waals surface area contributed by atoms with E-state index >= 15 is 0 Å².